The molecule has 0 aliphatic carbocycles. The van der Waals surface area contributed by atoms with Crippen LogP contribution in [0.5, 0.6) is 0 Å². The minimum Gasteiger partial charge on any atom is -0.318 e. The molecule has 134 valence electrons. The molecule has 0 aliphatic rings. The number of hydrogen-bond donors (Lipinski definition) is 2. The van der Waals surface area contributed by atoms with E-state index in [1.54, 1.807) is 6.92 Å². The van der Waals surface area contributed by atoms with Crippen LogP contribution < -0.4 is 5.32 Å². The van der Waals surface area contributed by atoms with Gasteiger partial charge in [-0.1, -0.05) is 24.3 Å². The Morgan fingerprint density at radius 2 is 1.73 bits per heavy atom. The molecule has 0 spiro atoms. The predicted octanol–water partition coefficient (Wildman–Crippen LogP) is 4.80. The van der Waals surface area contributed by atoms with Crippen LogP contribution in [0.4, 0.5) is 23.2 Å². The molecule has 3 aromatic rings. The maximum atomic E-state index is 13.8. The standard InChI is InChI=1S/C18H13F4N3O/c1-10-15(23-17(26)13-4-2-3-5-14(13)19)16(25-24-10)11-6-8-12(9-7-11)18(20,21)22/h2-9H,1H3,(H,23,26)(H,24,25). The summed E-state index contributed by atoms with van der Waals surface area (Å²) in [5.74, 6) is -1.36. The molecule has 0 unspecified atom stereocenters. The predicted molar refractivity (Wildman–Crippen MR) is 88.1 cm³/mol. The molecule has 8 heteroatoms. The largest absolute Gasteiger partial charge is 0.416 e. The van der Waals surface area contributed by atoms with Crippen LogP contribution in [0.15, 0.2) is 48.5 Å². The van der Waals surface area contributed by atoms with Gasteiger partial charge in [-0.25, -0.2) is 4.39 Å². The van der Waals surface area contributed by atoms with E-state index in [1.807, 2.05) is 0 Å². The van der Waals surface area contributed by atoms with E-state index in [0.29, 0.717) is 11.3 Å². The first-order valence-corrected chi connectivity index (χ1v) is 7.56. The van der Waals surface area contributed by atoms with E-state index in [4.69, 9.17) is 0 Å². The molecule has 0 aliphatic heterocycles. The lowest BCUT2D eigenvalue weighted by atomic mass is 10.1. The highest BCUT2D eigenvalue weighted by Gasteiger charge is 2.30. The van der Waals surface area contributed by atoms with Gasteiger partial charge in [-0.05, 0) is 31.2 Å². The van der Waals surface area contributed by atoms with Gasteiger partial charge in [-0.3, -0.25) is 9.89 Å². The summed E-state index contributed by atoms with van der Waals surface area (Å²) in [5, 5.41) is 9.27. The number of aromatic nitrogens is 2. The number of rotatable bonds is 3. The van der Waals surface area contributed by atoms with Crippen molar-refractivity contribution < 1.29 is 22.4 Å². The molecule has 0 radical (unpaired) electrons. The van der Waals surface area contributed by atoms with Gasteiger partial charge in [0, 0.05) is 5.56 Å². The SMILES string of the molecule is Cc1[nH]nc(-c2ccc(C(F)(F)F)cc2)c1NC(=O)c1ccccc1F. The molecule has 1 aromatic heterocycles. The molecule has 2 N–H and O–H groups in total. The minimum absolute atomic E-state index is 0.147. The van der Waals surface area contributed by atoms with Crippen LogP contribution in [0.3, 0.4) is 0 Å². The van der Waals surface area contributed by atoms with Crippen LogP contribution in [0.25, 0.3) is 11.3 Å². The van der Waals surface area contributed by atoms with Gasteiger partial charge in [-0.15, -0.1) is 0 Å². The molecule has 0 saturated carbocycles. The Morgan fingerprint density at radius 1 is 1.08 bits per heavy atom. The lowest BCUT2D eigenvalue weighted by Gasteiger charge is -2.09. The Morgan fingerprint density at radius 3 is 2.35 bits per heavy atom. The number of carbonyl (C=O) groups excluding carboxylic acids is 1. The van der Waals surface area contributed by atoms with Crippen LogP contribution in [-0.2, 0) is 6.18 Å². The number of aryl methyl sites for hydroxylation is 1. The van der Waals surface area contributed by atoms with Crippen molar-refractivity contribution in [3.8, 4) is 11.3 Å². The van der Waals surface area contributed by atoms with Crippen LogP contribution in [0.1, 0.15) is 21.6 Å². The fourth-order valence-corrected chi connectivity index (χ4v) is 2.43. The van der Waals surface area contributed by atoms with Gasteiger partial charge in [0.2, 0.25) is 0 Å². The smallest absolute Gasteiger partial charge is 0.318 e. The number of halogens is 4. The summed E-state index contributed by atoms with van der Waals surface area (Å²) in [6.07, 6.45) is -4.44. The highest BCUT2D eigenvalue weighted by atomic mass is 19.4. The van der Waals surface area contributed by atoms with Gasteiger partial charge < -0.3 is 5.32 Å². The summed E-state index contributed by atoms with van der Waals surface area (Å²) in [4.78, 5) is 12.3. The second-order valence-corrected chi connectivity index (χ2v) is 5.58. The van der Waals surface area contributed by atoms with Crippen LogP contribution in [-0.4, -0.2) is 16.1 Å². The molecular formula is C18H13F4N3O. The van der Waals surface area contributed by atoms with Crippen LogP contribution in [0.2, 0.25) is 0 Å². The van der Waals surface area contributed by atoms with Gasteiger partial charge in [0.05, 0.1) is 22.5 Å². The Hall–Kier alpha value is -3.16. The topological polar surface area (TPSA) is 57.8 Å². The van der Waals surface area contributed by atoms with Crippen molar-refractivity contribution in [2.45, 2.75) is 13.1 Å². The summed E-state index contributed by atoms with van der Waals surface area (Å²) in [5.41, 5.74) is 0.478. The number of alkyl halides is 3. The van der Waals surface area contributed by atoms with E-state index in [0.717, 1.165) is 18.2 Å². The van der Waals surface area contributed by atoms with E-state index >= 15 is 0 Å². The Labute approximate surface area is 145 Å². The summed E-state index contributed by atoms with van der Waals surface area (Å²) < 4.78 is 51.8. The second-order valence-electron chi connectivity index (χ2n) is 5.58. The van der Waals surface area contributed by atoms with Crippen molar-refractivity contribution in [3.05, 3.63) is 71.2 Å². The van der Waals surface area contributed by atoms with E-state index in [2.05, 4.69) is 15.5 Å². The molecule has 26 heavy (non-hydrogen) atoms. The molecule has 0 atom stereocenters. The van der Waals surface area contributed by atoms with Crippen LogP contribution >= 0.6 is 0 Å². The third kappa shape index (κ3) is 3.44. The Bertz CT molecular complexity index is 946. The monoisotopic (exact) mass is 363 g/mol. The van der Waals surface area contributed by atoms with Crippen LogP contribution in [0, 0.1) is 12.7 Å². The third-order valence-corrected chi connectivity index (χ3v) is 3.79. The fraction of sp³-hybridized carbons (Fsp3) is 0.111. The van der Waals surface area contributed by atoms with E-state index in [9.17, 15) is 22.4 Å². The zero-order valence-corrected chi connectivity index (χ0v) is 13.5. The summed E-state index contributed by atoms with van der Waals surface area (Å²) >= 11 is 0. The van der Waals surface area contributed by atoms with Crippen molar-refractivity contribution in [2.75, 3.05) is 5.32 Å². The molecule has 0 saturated heterocycles. The molecular weight excluding hydrogens is 350 g/mol. The lowest BCUT2D eigenvalue weighted by molar-refractivity contribution is -0.137. The third-order valence-electron chi connectivity index (χ3n) is 3.79. The molecule has 0 bridgehead atoms. The van der Waals surface area contributed by atoms with Gasteiger partial charge in [-0.2, -0.15) is 18.3 Å². The minimum atomic E-state index is -4.44. The first-order chi connectivity index (χ1) is 12.3. The summed E-state index contributed by atoms with van der Waals surface area (Å²) in [6.45, 7) is 1.64. The Kier molecular flexibility index (Phi) is 4.50. The number of hydrogen-bond acceptors (Lipinski definition) is 2. The highest BCUT2D eigenvalue weighted by Crippen LogP contribution is 2.33. The number of benzene rings is 2. The number of amides is 1. The quantitative estimate of drug-likeness (QED) is 0.657. The molecule has 0 fully saturated rings. The highest BCUT2D eigenvalue weighted by molar-refractivity contribution is 6.06. The summed E-state index contributed by atoms with van der Waals surface area (Å²) in [7, 11) is 0. The Balaban J connectivity index is 1.92. The van der Waals surface area contributed by atoms with Gasteiger partial charge in [0.25, 0.3) is 5.91 Å². The van der Waals surface area contributed by atoms with Crippen molar-refractivity contribution in [2.24, 2.45) is 0 Å². The zero-order valence-electron chi connectivity index (χ0n) is 13.5. The first-order valence-electron chi connectivity index (χ1n) is 7.56. The number of H-pyrrole nitrogens is 1. The van der Waals surface area contributed by atoms with Crippen molar-refractivity contribution in [3.63, 3.8) is 0 Å². The zero-order chi connectivity index (χ0) is 18.9. The number of nitrogens with zero attached hydrogens (tertiary/aromatic N) is 1. The first kappa shape index (κ1) is 17.7. The van der Waals surface area contributed by atoms with Crippen molar-refractivity contribution >= 4 is 11.6 Å². The number of carbonyl (C=O) groups is 1. The number of anilines is 1. The average Bonchev–Trinajstić information content (AvgIpc) is 2.95. The van der Waals surface area contributed by atoms with Gasteiger partial charge >= 0.3 is 6.18 Å². The van der Waals surface area contributed by atoms with Gasteiger partial charge in [0.1, 0.15) is 11.5 Å². The molecule has 1 amide bonds. The van der Waals surface area contributed by atoms with E-state index in [1.165, 1.54) is 30.3 Å². The van der Waals surface area contributed by atoms with E-state index < -0.39 is 23.5 Å². The lowest BCUT2D eigenvalue weighted by Crippen LogP contribution is -2.14. The van der Waals surface area contributed by atoms with Crippen molar-refractivity contribution in [1.29, 1.82) is 0 Å². The summed E-state index contributed by atoms with van der Waals surface area (Å²) in [6, 6.07) is 9.86. The molecule has 2 aromatic carbocycles. The van der Waals surface area contributed by atoms with E-state index in [-0.39, 0.29) is 16.9 Å². The molecule has 4 nitrogen and oxygen atoms in total. The second kappa shape index (κ2) is 6.62. The molecule has 3 rings (SSSR count). The maximum Gasteiger partial charge on any atom is 0.416 e. The normalized spacial score (nSPS) is 11.4. The average molecular weight is 363 g/mol. The van der Waals surface area contributed by atoms with Gasteiger partial charge in [0.15, 0.2) is 0 Å². The van der Waals surface area contributed by atoms with Crippen molar-refractivity contribution in [1.82, 2.24) is 10.2 Å². The fourth-order valence-electron chi connectivity index (χ4n) is 2.43. The number of aromatic amines is 1. The maximum absolute atomic E-state index is 13.8. The number of nitrogens with one attached hydrogen (secondary N) is 2. The molecule has 1 heterocycles.